The highest BCUT2D eigenvalue weighted by atomic mass is 32.1. The van der Waals surface area contributed by atoms with E-state index in [2.05, 4.69) is 15.3 Å². The average Bonchev–Trinajstić information content (AvgIpc) is 2.37. The number of nitro benzene ring substituents is 1. The van der Waals surface area contributed by atoms with Gasteiger partial charge in [-0.2, -0.15) is 0 Å². The van der Waals surface area contributed by atoms with Crippen LogP contribution in [0.2, 0.25) is 0 Å². The first-order valence-corrected chi connectivity index (χ1v) is 5.79. The largest absolute Gasteiger partial charge is 0.385 e. The number of anilines is 2. The second-order valence-electron chi connectivity index (χ2n) is 3.78. The molecule has 0 atom stereocenters. The zero-order valence-electron chi connectivity index (χ0n) is 9.99. The highest BCUT2D eigenvalue weighted by molar-refractivity contribution is 7.71. The molecule has 1 aromatic heterocycles. The molecule has 20 heavy (non-hydrogen) atoms. The Hall–Kier alpha value is -2.81. The summed E-state index contributed by atoms with van der Waals surface area (Å²) in [4.78, 5) is 28.4. The molecule has 1 aromatic carbocycles. The summed E-state index contributed by atoms with van der Waals surface area (Å²) in [5, 5.41) is 13.0. The van der Waals surface area contributed by atoms with E-state index in [1.165, 1.54) is 30.3 Å². The Bertz CT molecular complexity index is 726. The van der Waals surface area contributed by atoms with Crippen molar-refractivity contribution in [3.63, 3.8) is 0 Å². The fourth-order valence-corrected chi connectivity index (χ4v) is 1.68. The number of aromatic amines is 1. The molecule has 1 amide bonds. The van der Waals surface area contributed by atoms with Crippen molar-refractivity contribution in [2.45, 2.75) is 0 Å². The minimum absolute atomic E-state index is 0.0916. The summed E-state index contributed by atoms with van der Waals surface area (Å²) in [6, 6.07) is 6.60. The number of benzene rings is 1. The molecule has 0 unspecified atom stereocenters. The van der Waals surface area contributed by atoms with Crippen LogP contribution in [0.3, 0.4) is 0 Å². The van der Waals surface area contributed by atoms with Crippen molar-refractivity contribution in [3.05, 3.63) is 50.8 Å². The van der Waals surface area contributed by atoms with Gasteiger partial charge in [0.2, 0.25) is 0 Å². The van der Waals surface area contributed by atoms with E-state index in [9.17, 15) is 14.9 Å². The average molecular weight is 291 g/mol. The lowest BCUT2D eigenvalue weighted by Gasteiger charge is -2.05. The number of nitrogen functional groups attached to an aromatic ring is 1. The topological polar surface area (TPSA) is 127 Å². The first kappa shape index (κ1) is 13.6. The van der Waals surface area contributed by atoms with Gasteiger partial charge in [0.15, 0.2) is 4.77 Å². The van der Waals surface area contributed by atoms with Crippen LogP contribution < -0.4 is 11.1 Å². The molecule has 2 rings (SSSR count). The molecule has 8 nitrogen and oxygen atoms in total. The number of H-pyrrole nitrogens is 1. The number of nitrogens with one attached hydrogen (secondary N) is 2. The van der Waals surface area contributed by atoms with Gasteiger partial charge in [-0.1, -0.05) is 0 Å². The number of nitrogens with two attached hydrogens (primary N) is 1. The van der Waals surface area contributed by atoms with Crippen molar-refractivity contribution < 1.29 is 9.72 Å². The molecular formula is C11H9N5O3S. The fourth-order valence-electron chi connectivity index (χ4n) is 1.46. The maximum absolute atomic E-state index is 11.9. The second-order valence-corrected chi connectivity index (χ2v) is 4.17. The van der Waals surface area contributed by atoms with Crippen LogP contribution in [0.25, 0.3) is 0 Å². The van der Waals surface area contributed by atoms with Gasteiger partial charge in [-0.3, -0.25) is 14.9 Å². The van der Waals surface area contributed by atoms with Crippen LogP contribution in [0, 0.1) is 14.9 Å². The highest BCUT2D eigenvalue weighted by Crippen LogP contribution is 2.13. The van der Waals surface area contributed by atoms with Crippen LogP contribution in [-0.4, -0.2) is 20.8 Å². The molecule has 102 valence electrons. The highest BCUT2D eigenvalue weighted by Gasteiger charge is 2.10. The number of aromatic nitrogens is 2. The minimum atomic E-state index is -0.541. The SMILES string of the molecule is Nc1cc(NC(=O)c2ccc([N+](=O)[O-])cc2)nc(=S)[nH]1. The Morgan fingerprint density at radius 2 is 2.05 bits per heavy atom. The van der Waals surface area contributed by atoms with Crippen molar-refractivity contribution in [2.24, 2.45) is 0 Å². The monoisotopic (exact) mass is 291 g/mol. The smallest absolute Gasteiger partial charge is 0.269 e. The van der Waals surface area contributed by atoms with Gasteiger partial charge in [0.1, 0.15) is 11.6 Å². The Balaban J connectivity index is 2.19. The van der Waals surface area contributed by atoms with Crippen molar-refractivity contribution in [2.75, 3.05) is 11.1 Å². The van der Waals surface area contributed by atoms with Gasteiger partial charge in [0.05, 0.1) is 4.92 Å². The minimum Gasteiger partial charge on any atom is -0.385 e. The molecule has 2 aromatic rings. The maximum Gasteiger partial charge on any atom is 0.269 e. The van der Waals surface area contributed by atoms with E-state index >= 15 is 0 Å². The number of hydrogen-bond acceptors (Lipinski definition) is 6. The molecule has 0 spiro atoms. The Morgan fingerprint density at radius 3 is 2.60 bits per heavy atom. The van der Waals surface area contributed by atoms with Gasteiger partial charge < -0.3 is 16.0 Å². The lowest BCUT2D eigenvalue weighted by Crippen LogP contribution is -2.13. The molecule has 0 saturated carbocycles. The van der Waals surface area contributed by atoms with E-state index in [0.717, 1.165) is 0 Å². The van der Waals surface area contributed by atoms with Gasteiger partial charge in [-0.15, -0.1) is 0 Å². The number of carbonyl (C=O) groups is 1. The van der Waals surface area contributed by atoms with E-state index in [-0.39, 0.29) is 27.7 Å². The number of amides is 1. The van der Waals surface area contributed by atoms with Crippen LogP contribution in [0.15, 0.2) is 30.3 Å². The van der Waals surface area contributed by atoms with Crippen molar-refractivity contribution in [3.8, 4) is 0 Å². The Labute approximate surface area is 117 Å². The zero-order chi connectivity index (χ0) is 14.7. The van der Waals surface area contributed by atoms with E-state index < -0.39 is 10.8 Å². The molecule has 0 radical (unpaired) electrons. The van der Waals surface area contributed by atoms with E-state index in [1.807, 2.05) is 0 Å². The number of non-ortho nitro benzene ring substituents is 1. The standard InChI is InChI=1S/C11H9N5O3S/c12-8-5-9(15-11(20)13-8)14-10(17)6-1-3-7(4-2-6)16(18)19/h1-5H,(H4,12,13,14,15,17,20). The van der Waals surface area contributed by atoms with Gasteiger partial charge in [0.25, 0.3) is 11.6 Å². The fraction of sp³-hybridized carbons (Fsp3) is 0. The lowest BCUT2D eigenvalue weighted by molar-refractivity contribution is -0.384. The summed E-state index contributed by atoms with van der Waals surface area (Å²) in [6.07, 6.45) is 0. The van der Waals surface area contributed by atoms with E-state index in [4.69, 9.17) is 18.0 Å². The third kappa shape index (κ3) is 3.14. The Morgan fingerprint density at radius 1 is 1.40 bits per heavy atom. The summed E-state index contributed by atoms with van der Waals surface area (Å²) in [6.45, 7) is 0. The third-order valence-corrected chi connectivity index (χ3v) is 2.54. The molecule has 4 N–H and O–H groups in total. The number of rotatable bonds is 3. The van der Waals surface area contributed by atoms with Crippen molar-refractivity contribution >= 4 is 35.4 Å². The van der Waals surface area contributed by atoms with Crippen LogP contribution >= 0.6 is 12.2 Å². The third-order valence-electron chi connectivity index (χ3n) is 2.35. The second kappa shape index (κ2) is 5.45. The van der Waals surface area contributed by atoms with Gasteiger partial charge >= 0.3 is 0 Å². The molecule has 0 aliphatic carbocycles. The molecule has 0 aliphatic heterocycles. The summed E-state index contributed by atoms with van der Waals surface area (Å²) in [5.41, 5.74) is 5.71. The summed E-state index contributed by atoms with van der Waals surface area (Å²) in [7, 11) is 0. The molecule has 0 fully saturated rings. The van der Waals surface area contributed by atoms with Gasteiger partial charge in [-0.05, 0) is 24.4 Å². The lowest BCUT2D eigenvalue weighted by atomic mass is 10.2. The number of carbonyl (C=O) groups excluding carboxylic acids is 1. The molecular weight excluding hydrogens is 282 g/mol. The quantitative estimate of drug-likeness (QED) is 0.450. The van der Waals surface area contributed by atoms with Crippen LogP contribution in [0.4, 0.5) is 17.3 Å². The normalized spacial score (nSPS) is 10.0. The molecule has 0 aliphatic rings. The molecule has 0 bridgehead atoms. The van der Waals surface area contributed by atoms with Crippen molar-refractivity contribution in [1.29, 1.82) is 0 Å². The summed E-state index contributed by atoms with van der Waals surface area (Å²) >= 11 is 4.83. The van der Waals surface area contributed by atoms with Gasteiger partial charge in [0, 0.05) is 23.8 Å². The van der Waals surface area contributed by atoms with Crippen LogP contribution in [-0.2, 0) is 0 Å². The molecule has 9 heteroatoms. The zero-order valence-corrected chi connectivity index (χ0v) is 10.8. The number of nitrogens with zero attached hydrogens (tertiary/aromatic N) is 2. The first-order valence-electron chi connectivity index (χ1n) is 5.38. The number of nitro groups is 1. The van der Waals surface area contributed by atoms with Gasteiger partial charge in [-0.25, -0.2) is 4.98 Å². The molecule has 1 heterocycles. The number of hydrogen-bond donors (Lipinski definition) is 3. The summed E-state index contributed by atoms with van der Waals surface area (Å²) in [5.74, 6) is 0.00556. The predicted octanol–water partition coefficient (Wildman–Crippen LogP) is 1.88. The van der Waals surface area contributed by atoms with E-state index in [1.54, 1.807) is 0 Å². The van der Waals surface area contributed by atoms with Crippen molar-refractivity contribution in [1.82, 2.24) is 9.97 Å². The Kier molecular flexibility index (Phi) is 3.71. The summed E-state index contributed by atoms with van der Waals surface area (Å²) < 4.78 is 0.143. The van der Waals surface area contributed by atoms with E-state index in [0.29, 0.717) is 0 Å². The molecule has 0 saturated heterocycles. The maximum atomic E-state index is 11.9. The van der Waals surface area contributed by atoms with Crippen LogP contribution in [0.5, 0.6) is 0 Å². The first-order chi connectivity index (χ1) is 9.45. The predicted molar refractivity (Wildman–Crippen MR) is 74.9 cm³/mol. The van der Waals surface area contributed by atoms with Crippen LogP contribution in [0.1, 0.15) is 10.4 Å².